The highest BCUT2D eigenvalue weighted by molar-refractivity contribution is 7.17. The van der Waals surface area contributed by atoms with Crippen LogP contribution in [0.25, 0.3) is 32.5 Å². The topological polar surface area (TPSA) is 103 Å². The zero-order valence-corrected chi connectivity index (χ0v) is 18.3. The fourth-order valence-electron chi connectivity index (χ4n) is 3.43. The second-order valence-corrected chi connectivity index (χ2v) is 8.99. The van der Waals surface area contributed by atoms with Crippen molar-refractivity contribution in [3.63, 3.8) is 0 Å². The van der Waals surface area contributed by atoms with Crippen LogP contribution in [0.15, 0.2) is 35.7 Å². The normalized spacial score (nSPS) is 11.9. The molecule has 3 heterocycles. The Kier molecular flexibility index (Phi) is 4.93. The first-order valence-electron chi connectivity index (χ1n) is 9.72. The van der Waals surface area contributed by atoms with Crippen LogP contribution in [0.5, 0.6) is 0 Å². The Bertz CT molecular complexity index is 1350. The van der Waals surface area contributed by atoms with E-state index in [1.165, 1.54) is 11.3 Å². The van der Waals surface area contributed by atoms with Crippen molar-refractivity contribution in [1.82, 2.24) is 14.3 Å². The summed E-state index contributed by atoms with van der Waals surface area (Å²) in [5.74, 6) is -0.0265. The molecule has 8 nitrogen and oxygen atoms in total. The summed E-state index contributed by atoms with van der Waals surface area (Å²) in [5.41, 5.74) is 1.47. The van der Waals surface area contributed by atoms with E-state index in [1.54, 1.807) is 58.0 Å². The zero-order chi connectivity index (χ0) is 22.5. The number of rotatable bonds is 3. The lowest BCUT2D eigenvalue weighted by molar-refractivity contribution is 0.0523. The van der Waals surface area contributed by atoms with E-state index in [0.29, 0.717) is 44.5 Å². The molecule has 1 N–H and O–H groups in total. The maximum atomic E-state index is 12.7. The van der Waals surface area contributed by atoms with Gasteiger partial charge in [0.25, 0.3) is 0 Å². The molecular weight excluding hydrogens is 418 g/mol. The van der Waals surface area contributed by atoms with Crippen molar-refractivity contribution in [3.8, 4) is 11.4 Å². The molecule has 3 aromatic heterocycles. The molecule has 160 valence electrons. The van der Waals surface area contributed by atoms with Crippen LogP contribution in [0.3, 0.4) is 0 Å². The Balaban J connectivity index is 1.93. The van der Waals surface area contributed by atoms with Gasteiger partial charge in [-0.2, -0.15) is 9.78 Å². The molecule has 0 aliphatic rings. The van der Waals surface area contributed by atoms with Crippen molar-refractivity contribution in [2.45, 2.75) is 39.7 Å². The van der Waals surface area contributed by atoms with Crippen LogP contribution in [0.1, 0.15) is 44.5 Å². The molecule has 0 bridgehead atoms. The lowest BCUT2D eigenvalue weighted by Crippen LogP contribution is -2.27. The van der Waals surface area contributed by atoms with Gasteiger partial charge >= 0.3 is 12.2 Å². The number of ether oxygens (including phenoxy) is 1. The number of Topliss-reactive ketones (excluding diaryl/α,β-unsaturated/α-hetero) is 1. The Hall–Kier alpha value is -3.46. The molecule has 0 radical (unpaired) electrons. The Morgan fingerprint density at radius 3 is 2.52 bits per heavy atom. The van der Waals surface area contributed by atoms with Crippen LogP contribution in [0.4, 0.5) is 9.59 Å². The highest BCUT2D eigenvalue weighted by Crippen LogP contribution is 2.36. The second-order valence-electron chi connectivity index (χ2n) is 8.07. The molecule has 0 atom stereocenters. The third kappa shape index (κ3) is 3.61. The van der Waals surface area contributed by atoms with Gasteiger partial charge in [0.05, 0.1) is 21.4 Å². The number of thiophene rings is 1. The van der Waals surface area contributed by atoms with Crippen LogP contribution >= 0.6 is 11.3 Å². The van der Waals surface area contributed by atoms with Crippen LogP contribution in [-0.2, 0) is 4.74 Å². The first-order valence-corrected chi connectivity index (χ1v) is 10.6. The van der Waals surface area contributed by atoms with Crippen LogP contribution in [0, 0.1) is 0 Å². The van der Waals surface area contributed by atoms with Gasteiger partial charge in [0, 0.05) is 17.4 Å². The fraction of sp³-hybridized carbons (Fsp3) is 0.273. The quantitative estimate of drug-likeness (QED) is 0.416. The maximum Gasteiger partial charge on any atom is 0.435 e. The van der Waals surface area contributed by atoms with Gasteiger partial charge in [0.15, 0.2) is 5.78 Å². The SMILES string of the molecule is CCC(=O)c1ccc2c(c1)cc(-c1nn(C(=O)OC(C)(C)C)c3ccsc13)n2C(=O)O. The van der Waals surface area contributed by atoms with Gasteiger partial charge in [0.2, 0.25) is 0 Å². The third-order valence-electron chi connectivity index (χ3n) is 4.73. The maximum absolute atomic E-state index is 12.7. The molecule has 0 saturated carbocycles. The van der Waals surface area contributed by atoms with Gasteiger partial charge in [-0.3, -0.25) is 4.79 Å². The first-order chi connectivity index (χ1) is 14.6. The number of hydrogen-bond acceptors (Lipinski definition) is 6. The number of fused-ring (bicyclic) bond motifs is 2. The van der Waals surface area contributed by atoms with E-state index < -0.39 is 17.8 Å². The summed E-state index contributed by atoms with van der Waals surface area (Å²) in [6.45, 7) is 7.06. The molecule has 0 unspecified atom stereocenters. The summed E-state index contributed by atoms with van der Waals surface area (Å²) in [5, 5.41) is 16.7. The molecule has 0 amide bonds. The Morgan fingerprint density at radius 1 is 1.13 bits per heavy atom. The van der Waals surface area contributed by atoms with Gasteiger partial charge in [-0.25, -0.2) is 14.2 Å². The summed E-state index contributed by atoms with van der Waals surface area (Å²) < 4.78 is 8.39. The van der Waals surface area contributed by atoms with E-state index in [1.807, 2.05) is 5.38 Å². The number of aromatic nitrogens is 3. The zero-order valence-electron chi connectivity index (χ0n) is 17.5. The van der Waals surface area contributed by atoms with E-state index in [-0.39, 0.29) is 5.78 Å². The molecule has 0 fully saturated rings. The molecule has 0 saturated heterocycles. The monoisotopic (exact) mass is 439 g/mol. The largest absolute Gasteiger partial charge is 0.464 e. The van der Waals surface area contributed by atoms with Crippen molar-refractivity contribution in [3.05, 3.63) is 41.3 Å². The van der Waals surface area contributed by atoms with E-state index >= 15 is 0 Å². The Morgan fingerprint density at radius 2 is 1.87 bits per heavy atom. The van der Waals surface area contributed by atoms with Crippen LogP contribution in [-0.4, -0.2) is 43.0 Å². The minimum absolute atomic E-state index is 0.0265. The summed E-state index contributed by atoms with van der Waals surface area (Å²) in [7, 11) is 0. The van der Waals surface area contributed by atoms with Gasteiger partial charge in [-0.1, -0.05) is 6.92 Å². The summed E-state index contributed by atoms with van der Waals surface area (Å²) in [6.07, 6.45) is -1.47. The summed E-state index contributed by atoms with van der Waals surface area (Å²) in [6, 6.07) is 8.34. The fourth-order valence-corrected chi connectivity index (χ4v) is 4.30. The number of ketones is 1. The summed E-state index contributed by atoms with van der Waals surface area (Å²) >= 11 is 1.36. The molecule has 31 heavy (non-hydrogen) atoms. The van der Waals surface area contributed by atoms with E-state index in [4.69, 9.17) is 4.74 Å². The molecule has 0 aliphatic heterocycles. The number of hydrogen-bond donors (Lipinski definition) is 1. The molecular formula is C22H21N3O5S. The summed E-state index contributed by atoms with van der Waals surface area (Å²) in [4.78, 5) is 36.9. The number of benzene rings is 1. The molecule has 4 aromatic rings. The van der Waals surface area contributed by atoms with Gasteiger partial charge in [0.1, 0.15) is 11.3 Å². The second kappa shape index (κ2) is 7.35. The molecule has 0 aliphatic carbocycles. The third-order valence-corrected chi connectivity index (χ3v) is 5.64. The highest BCUT2D eigenvalue weighted by Gasteiger charge is 2.26. The first kappa shape index (κ1) is 20.8. The predicted octanol–water partition coefficient (Wildman–Crippen LogP) is 5.62. The van der Waals surface area contributed by atoms with Gasteiger partial charge < -0.3 is 9.84 Å². The standard InChI is InChI=1S/C22H21N3O5S/c1-5-17(26)12-6-7-14-13(10-12)11-16(24(14)20(27)28)18-19-15(8-9-31-19)25(23-18)21(29)30-22(2,3)4/h6-11H,5H2,1-4H3,(H,27,28). The minimum Gasteiger partial charge on any atom is -0.464 e. The van der Waals surface area contributed by atoms with Crippen molar-refractivity contribution in [2.24, 2.45) is 0 Å². The number of carbonyl (C=O) groups is 3. The van der Waals surface area contributed by atoms with E-state index in [2.05, 4.69) is 5.10 Å². The minimum atomic E-state index is -1.18. The lowest BCUT2D eigenvalue weighted by Gasteiger charge is -2.19. The van der Waals surface area contributed by atoms with Crippen LogP contribution < -0.4 is 0 Å². The number of nitrogens with zero attached hydrogens (tertiary/aromatic N) is 3. The lowest BCUT2D eigenvalue weighted by atomic mass is 10.1. The van der Waals surface area contributed by atoms with Crippen molar-refractivity contribution < 1.29 is 24.2 Å². The highest BCUT2D eigenvalue weighted by atomic mass is 32.1. The van der Waals surface area contributed by atoms with Crippen molar-refractivity contribution >= 4 is 50.4 Å². The average molecular weight is 439 g/mol. The Labute approximate surface area is 181 Å². The smallest absolute Gasteiger partial charge is 0.435 e. The van der Waals surface area contributed by atoms with E-state index in [0.717, 1.165) is 9.25 Å². The molecule has 1 aromatic carbocycles. The number of carboxylic acid groups (broad SMARTS) is 1. The van der Waals surface area contributed by atoms with Crippen LogP contribution in [0.2, 0.25) is 0 Å². The van der Waals surface area contributed by atoms with Crippen molar-refractivity contribution in [2.75, 3.05) is 0 Å². The van der Waals surface area contributed by atoms with Gasteiger partial charge in [-0.05, 0) is 56.5 Å². The van der Waals surface area contributed by atoms with E-state index in [9.17, 15) is 19.5 Å². The molecule has 4 rings (SSSR count). The predicted molar refractivity (Wildman–Crippen MR) is 118 cm³/mol. The average Bonchev–Trinajstić information content (AvgIpc) is 3.37. The number of carbonyl (C=O) groups excluding carboxylic acids is 2. The van der Waals surface area contributed by atoms with Crippen molar-refractivity contribution in [1.29, 1.82) is 0 Å². The molecule has 0 spiro atoms. The molecule has 9 heteroatoms. The van der Waals surface area contributed by atoms with Gasteiger partial charge in [-0.15, -0.1) is 11.3 Å².